The molecular formula is C16H19ClN2OS. The fraction of sp³-hybridized carbons (Fsp3) is 0.312. The van der Waals surface area contributed by atoms with Crippen LogP contribution in [0.5, 0.6) is 0 Å². The highest BCUT2D eigenvalue weighted by Crippen LogP contribution is 2.18. The molecule has 1 aliphatic heterocycles. The molecule has 0 aromatic heterocycles. The van der Waals surface area contributed by atoms with Crippen molar-refractivity contribution in [2.75, 3.05) is 18.2 Å². The van der Waals surface area contributed by atoms with Crippen LogP contribution in [0.15, 0.2) is 42.5 Å². The number of halogens is 1. The minimum Gasteiger partial charge on any atom is -0.354 e. The fourth-order valence-corrected chi connectivity index (χ4v) is 3.46. The van der Waals surface area contributed by atoms with Gasteiger partial charge in [0.05, 0.1) is 6.04 Å². The van der Waals surface area contributed by atoms with Gasteiger partial charge >= 0.3 is 0 Å². The molecule has 2 N–H and O–H groups in total. The number of amides is 1. The summed E-state index contributed by atoms with van der Waals surface area (Å²) in [6, 6.07) is 14.7. The molecular weight excluding hydrogens is 304 g/mol. The Bertz CT molecular complexity index is 609. The molecule has 0 saturated carbocycles. The average molecular weight is 323 g/mol. The first-order valence-electron chi connectivity index (χ1n) is 6.90. The van der Waals surface area contributed by atoms with Gasteiger partial charge in [0.2, 0.25) is 5.91 Å². The highest BCUT2D eigenvalue weighted by molar-refractivity contribution is 7.99. The maximum Gasteiger partial charge on any atom is 0.238 e. The van der Waals surface area contributed by atoms with Gasteiger partial charge in [-0.1, -0.05) is 42.5 Å². The molecule has 2 aromatic rings. The van der Waals surface area contributed by atoms with E-state index in [9.17, 15) is 4.79 Å². The molecule has 112 valence electrons. The van der Waals surface area contributed by atoms with Crippen LogP contribution in [0.4, 0.5) is 0 Å². The van der Waals surface area contributed by atoms with Gasteiger partial charge in [0, 0.05) is 18.2 Å². The molecule has 1 aliphatic rings. The summed E-state index contributed by atoms with van der Waals surface area (Å²) < 4.78 is 0. The van der Waals surface area contributed by atoms with Gasteiger partial charge in [-0.3, -0.25) is 10.1 Å². The van der Waals surface area contributed by atoms with Crippen molar-refractivity contribution in [3.63, 3.8) is 0 Å². The van der Waals surface area contributed by atoms with Crippen LogP contribution in [-0.4, -0.2) is 30.1 Å². The van der Waals surface area contributed by atoms with Gasteiger partial charge in [0.15, 0.2) is 0 Å². The van der Waals surface area contributed by atoms with Gasteiger partial charge in [-0.2, -0.15) is 0 Å². The normalized spacial score (nSPS) is 17.4. The van der Waals surface area contributed by atoms with E-state index in [1.807, 2.05) is 0 Å². The van der Waals surface area contributed by atoms with E-state index >= 15 is 0 Å². The van der Waals surface area contributed by atoms with Crippen LogP contribution in [0, 0.1) is 0 Å². The third-order valence-corrected chi connectivity index (χ3v) is 4.55. The number of rotatable bonds is 4. The number of benzene rings is 2. The number of carbonyl (C=O) groups is 1. The minimum absolute atomic E-state index is 0. The van der Waals surface area contributed by atoms with Crippen molar-refractivity contribution in [3.05, 3.63) is 48.0 Å². The first-order chi connectivity index (χ1) is 9.84. The van der Waals surface area contributed by atoms with Crippen molar-refractivity contribution in [2.45, 2.75) is 12.5 Å². The number of nitrogens with one attached hydrogen (secondary N) is 2. The molecule has 3 rings (SSSR count). The third-order valence-electron chi connectivity index (χ3n) is 3.61. The predicted molar refractivity (Wildman–Crippen MR) is 92.2 cm³/mol. The first-order valence-corrected chi connectivity index (χ1v) is 8.05. The van der Waals surface area contributed by atoms with Gasteiger partial charge in [-0.25, -0.2) is 0 Å². The largest absolute Gasteiger partial charge is 0.354 e. The lowest BCUT2D eigenvalue weighted by molar-refractivity contribution is -0.122. The van der Waals surface area contributed by atoms with Gasteiger partial charge in [-0.15, -0.1) is 24.2 Å². The Balaban J connectivity index is 0.00000161. The van der Waals surface area contributed by atoms with Crippen molar-refractivity contribution in [3.8, 4) is 0 Å². The molecule has 2 aromatic carbocycles. The van der Waals surface area contributed by atoms with E-state index in [0.717, 1.165) is 18.1 Å². The monoisotopic (exact) mass is 322 g/mol. The molecule has 1 amide bonds. The molecule has 3 nitrogen and oxygen atoms in total. The van der Waals surface area contributed by atoms with Crippen molar-refractivity contribution in [2.24, 2.45) is 0 Å². The van der Waals surface area contributed by atoms with Gasteiger partial charge < -0.3 is 5.32 Å². The van der Waals surface area contributed by atoms with Gasteiger partial charge in [0.1, 0.15) is 0 Å². The van der Waals surface area contributed by atoms with Crippen LogP contribution in [-0.2, 0) is 11.2 Å². The lowest BCUT2D eigenvalue weighted by Gasteiger charge is -2.11. The highest BCUT2D eigenvalue weighted by atomic mass is 35.5. The van der Waals surface area contributed by atoms with Crippen molar-refractivity contribution in [1.82, 2.24) is 10.6 Å². The average Bonchev–Trinajstić information content (AvgIpc) is 3.02. The topological polar surface area (TPSA) is 41.1 Å². The molecule has 0 radical (unpaired) electrons. The first kappa shape index (κ1) is 16.1. The molecule has 1 unspecified atom stereocenters. The van der Waals surface area contributed by atoms with Crippen LogP contribution in [0.2, 0.25) is 0 Å². The summed E-state index contributed by atoms with van der Waals surface area (Å²) in [5, 5.41) is 8.74. The van der Waals surface area contributed by atoms with Crippen LogP contribution in [0.25, 0.3) is 10.8 Å². The van der Waals surface area contributed by atoms with Crippen molar-refractivity contribution >= 4 is 40.8 Å². The molecule has 1 fully saturated rings. The SMILES string of the molecule is Cl.O=C(NCCc1cccc2ccccc12)C1CSCN1. The third kappa shape index (κ3) is 3.90. The summed E-state index contributed by atoms with van der Waals surface area (Å²) in [7, 11) is 0. The van der Waals surface area contributed by atoms with E-state index in [2.05, 4.69) is 53.1 Å². The van der Waals surface area contributed by atoms with E-state index in [-0.39, 0.29) is 24.4 Å². The van der Waals surface area contributed by atoms with Crippen molar-refractivity contribution in [1.29, 1.82) is 0 Å². The number of thioether (sulfide) groups is 1. The maximum absolute atomic E-state index is 11.9. The number of hydrogen-bond donors (Lipinski definition) is 2. The zero-order valence-corrected chi connectivity index (χ0v) is 13.3. The molecule has 0 aliphatic carbocycles. The van der Waals surface area contributed by atoms with Crippen molar-refractivity contribution < 1.29 is 4.79 Å². The van der Waals surface area contributed by atoms with Crippen LogP contribution >= 0.6 is 24.2 Å². The summed E-state index contributed by atoms with van der Waals surface area (Å²) in [6.45, 7) is 0.690. The number of carbonyl (C=O) groups excluding carboxylic acids is 1. The van der Waals surface area contributed by atoms with E-state index in [4.69, 9.17) is 0 Å². The number of hydrogen-bond acceptors (Lipinski definition) is 3. The zero-order valence-electron chi connectivity index (χ0n) is 11.7. The lowest BCUT2D eigenvalue weighted by Crippen LogP contribution is -2.42. The van der Waals surface area contributed by atoms with E-state index in [1.54, 1.807) is 11.8 Å². The molecule has 1 heterocycles. The van der Waals surface area contributed by atoms with E-state index < -0.39 is 0 Å². The molecule has 21 heavy (non-hydrogen) atoms. The molecule has 5 heteroatoms. The summed E-state index contributed by atoms with van der Waals surface area (Å²) in [5.41, 5.74) is 1.29. The van der Waals surface area contributed by atoms with E-state index in [1.165, 1.54) is 16.3 Å². The highest BCUT2D eigenvalue weighted by Gasteiger charge is 2.21. The summed E-state index contributed by atoms with van der Waals surface area (Å²) >= 11 is 1.77. The second kappa shape index (κ2) is 7.69. The molecule has 0 bridgehead atoms. The summed E-state index contributed by atoms with van der Waals surface area (Å²) in [5.74, 6) is 1.87. The van der Waals surface area contributed by atoms with Crippen LogP contribution < -0.4 is 10.6 Å². The molecule has 0 spiro atoms. The zero-order chi connectivity index (χ0) is 13.8. The second-order valence-electron chi connectivity index (χ2n) is 4.95. The Morgan fingerprint density at radius 2 is 2.05 bits per heavy atom. The number of fused-ring (bicyclic) bond motifs is 1. The fourth-order valence-electron chi connectivity index (χ4n) is 2.52. The Kier molecular flexibility index (Phi) is 5.91. The van der Waals surface area contributed by atoms with Gasteiger partial charge in [-0.05, 0) is 22.8 Å². The second-order valence-corrected chi connectivity index (χ2v) is 5.98. The molecule has 1 saturated heterocycles. The van der Waals surface area contributed by atoms with Crippen LogP contribution in [0.1, 0.15) is 5.56 Å². The minimum atomic E-state index is -0.0208. The Labute approximate surface area is 135 Å². The lowest BCUT2D eigenvalue weighted by atomic mass is 10.0. The smallest absolute Gasteiger partial charge is 0.238 e. The summed E-state index contributed by atoms with van der Waals surface area (Å²) in [6.07, 6.45) is 0.868. The van der Waals surface area contributed by atoms with Gasteiger partial charge in [0.25, 0.3) is 0 Å². The summed E-state index contributed by atoms with van der Waals surface area (Å²) in [4.78, 5) is 11.9. The Hall–Kier alpha value is -1.23. The quantitative estimate of drug-likeness (QED) is 0.909. The predicted octanol–water partition coefficient (Wildman–Crippen LogP) is 2.58. The standard InChI is InChI=1S/C16H18N2OS.ClH/c19-16(15-10-20-11-18-15)17-9-8-13-6-3-5-12-4-1-2-7-14(12)13;/h1-7,15,18H,8-11H2,(H,17,19);1H. The Morgan fingerprint density at radius 1 is 1.24 bits per heavy atom. The Morgan fingerprint density at radius 3 is 2.86 bits per heavy atom. The van der Waals surface area contributed by atoms with E-state index in [0.29, 0.717) is 6.54 Å². The maximum atomic E-state index is 11.9. The van der Waals surface area contributed by atoms with Crippen LogP contribution in [0.3, 0.4) is 0 Å². The molecule has 1 atom stereocenters.